The summed E-state index contributed by atoms with van der Waals surface area (Å²) in [5, 5.41) is 0. The van der Waals surface area contributed by atoms with Crippen molar-refractivity contribution in [3.05, 3.63) is 0 Å². The zero-order valence-electron chi connectivity index (χ0n) is 10.2. The Labute approximate surface area is 89.5 Å². The van der Waals surface area contributed by atoms with Crippen LogP contribution in [0.1, 0.15) is 65.7 Å². The summed E-state index contributed by atoms with van der Waals surface area (Å²) in [5.74, 6) is 3.02. The fourth-order valence-corrected chi connectivity index (χ4v) is 3.88. The Kier molecular flexibility index (Phi) is 2.91. The minimum Gasteiger partial charge on any atom is -0.0625 e. The highest BCUT2D eigenvalue weighted by molar-refractivity contribution is 4.89. The highest BCUT2D eigenvalue weighted by Crippen LogP contribution is 2.49. The Hall–Kier alpha value is 0. The van der Waals surface area contributed by atoms with Crippen LogP contribution >= 0.6 is 0 Å². The maximum atomic E-state index is 2.56. The number of hydrogen-bond acceptors (Lipinski definition) is 0. The summed E-state index contributed by atoms with van der Waals surface area (Å²) in [6.45, 7) is 7.52. The highest BCUT2D eigenvalue weighted by Gasteiger charge is 2.38. The SMILES string of the molecule is CC1CCC(C)C2(C)CCCC(C1)C2. The molecular weight excluding hydrogens is 168 g/mol. The van der Waals surface area contributed by atoms with Crippen LogP contribution in [0, 0.1) is 23.2 Å². The molecular formula is C14H26. The lowest BCUT2D eigenvalue weighted by molar-refractivity contribution is 0.0564. The number of fused-ring (bicyclic) bond motifs is 2. The lowest BCUT2D eigenvalue weighted by atomic mass is 9.60. The summed E-state index contributed by atoms with van der Waals surface area (Å²) in [5.41, 5.74) is 0.697. The highest BCUT2D eigenvalue weighted by atomic mass is 14.4. The summed E-state index contributed by atoms with van der Waals surface area (Å²) < 4.78 is 0. The van der Waals surface area contributed by atoms with Crippen LogP contribution in [-0.2, 0) is 0 Å². The quantitative estimate of drug-likeness (QED) is 0.527. The van der Waals surface area contributed by atoms with Gasteiger partial charge in [0.2, 0.25) is 0 Å². The van der Waals surface area contributed by atoms with Gasteiger partial charge in [0.25, 0.3) is 0 Å². The predicted molar refractivity (Wildman–Crippen MR) is 62.2 cm³/mol. The van der Waals surface area contributed by atoms with Crippen LogP contribution in [0.3, 0.4) is 0 Å². The number of hydrogen-bond donors (Lipinski definition) is 0. The molecule has 2 rings (SSSR count). The first-order chi connectivity index (χ1) is 6.60. The van der Waals surface area contributed by atoms with Crippen LogP contribution in [0.5, 0.6) is 0 Å². The molecule has 82 valence electrons. The van der Waals surface area contributed by atoms with E-state index in [4.69, 9.17) is 0 Å². The molecule has 0 radical (unpaired) electrons. The lowest BCUT2D eigenvalue weighted by Gasteiger charge is -2.45. The van der Waals surface area contributed by atoms with Gasteiger partial charge in [-0.2, -0.15) is 0 Å². The van der Waals surface area contributed by atoms with Gasteiger partial charge in [0.1, 0.15) is 0 Å². The second kappa shape index (κ2) is 3.87. The van der Waals surface area contributed by atoms with Crippen molar-refractivity contribution in [2.45, 2.75) is 65.7 Å². The Morgan fingerprint density at radius 1 is 1.07 bits per heavy atom. The molecule has 0 aromatic carbocycles. The van der Waals surface area contributed by atoms with E-state index >= 15 is 0 Å². The molecule has 0 heterocycles. The molecule has 14 heavy (non-hydrogen) atoms. The van der Waals surface area contributed by atoms with Gasteiger partial charge in [-0.3, -0.25) is 0 Å². The van der Waals surface area contributed by atoms with E-state index in [0.717, 1.165) is 17.8 Å². The normalized spacial score (nSPS) is 49.5. The molecule has 4 unspecified atom stereocenters. The molecule has 0 aliphatic heterocycles. The second-order valence-electron chi connectivity index (χ2n) is 6.44. The molecule has 0 nitrogen and oxygen atoms in total. The zero-order chi connectivity index (χ0) is 10.2. The Balaban J connectivity index is 2.11. The van der Waals surface area contributed by atoms with E-state index in [-0.39, 0.29) is 0 Å². The molecule has 2 bridgehead atoms. The predicted octanol–water partition coefficient (Wildman–Crippen LogP) is 4.64. The van der Waals surface area contributed by atoms with Crippen LogP contribution in [0.25, 0.3) is 0 Å². The summed E-state index contributed by atoms with van der Waals surface area (Å²) in [6.07, 6.45) is 10.5. The molecule has 0 saturated heterocycles. The monoisotopic (exact) mass is 194 g/mol. The van der Waals surface area contributed by atoms with E-state index in [0.29, 0.717) is 5.41 Å². The Bertz CT molecular complexity index is 196. The van der Waals surface area contributed by atoms with Gasteiger partial charge in [0.05, 0.1) is 0 Å². The van der Waals surface area contributed by atoms with Crippen molar-refractivity contribution in [1.82, 2.24) is 0 Å². The summed E-state index contributed by atoms with van der Waals surface area (Å²) in [7, 11) is 0. The zero-order valence-corrected chi connectivity index (χ0v) is 10.2. The average Bonchev–Trinajstić information content (AvgIpc) is 2.13. The molecule has 0 heteroatoms. The molecule has 0 aromatic heterocycles. The molecule has 0 aromatic rings. The lowest BCUT2D eigenvalue weighted by Crippen LogP contribution is -2.34. The first-order valence-electron chi connectivity index (χ1n) is 6.60. The minimum absolute atomic E-state index is 0.697. The molecule has 2 aliphatic rings. The molecule has 2 saturated carbocycles. The molecule has 0 N–H and O–H groups in total. The van der Waals surface area contributed by atoms with E-state index in [2.05, 4.69) is 20.8 Å². The molecule has 4 atom stereocenters. The second-order valence-corrected chi connectivity index (χ2v) is 6.44. The molecule has 0 spiro atoms. The van der Waals surface area contributed by atoms with Crippen LogP contribution < -0.4 is 0 Å². The van der Waals surface area contributed by atoms with Gasteiger partial charge in [-0.1, -0.05) is 40.0 Å². The largest absolute Gasteiger partial charge is 0.0625 e. The van der Waals surface area contributed by atoms with Crippen LogP contribution in [-0.4, -0.2) is 0 Å². The van der Waals surface area contributed by atoms with Crippen molar-refractivity contribution in [2.75, 3.05) is 0 Å². The van der Waals surface area contributed by atoms with E-state index < -0.39 is 0 Å². The van der Waals surface area contributed by atoms with Gasteiger partial charge in [0, 0.05) is 0 Å². The maximum absolute atomic E-state index is 2.56. The van der Waals surface area contributed by atoms with Gasteiger partial charge in [-0.15, -0.1) is 0 Å². The Morgan fingerprint density at radius 3 is 2.64 bits per heavy atom. The van der Waals surface area contributed by atoms with Crippen molar-refractivity contribution < 1.29 is 0 Å². The Morgan fingerprint density at radius 2 is 1.86 bits per heavy atom. The smallest absolute Gasteiger partial charge is 0.0298 e. The van der Waals surface area contributed by atoms with E-state index in [1.54, 1.807) is 0 Å². The van der Waals surface area contributed by atoms with Crippen molar-refractivity contribution >= 4 is 0 Å². The van der Waals surface area contributed by atoms with Gasteiger partial charge in [-0.25, -0.2) is 0 Å². The standard InChI is InChI=1S/C14H26/c1-11-6-7-12(2)14(3)8-4-5-13(9-11)10-14/h11-13H,4-10H2,1-3H3. The molecule has 2 fully saturated rings. The van der Waals surface area contributed by atoms with Gasteiger partial charge >= 0.3 is 0 Å². The van der Waals surface area contributed by atoms with E-state index in [9.17, 15) is 0 Å². The van der Waals surface area contributed by atoms with Gasteiger partial charge in [-0.05, 0) is 48.9 Å². The van der Waals surface area contributed by atoms with Crippen molar-refractivity contribution in [3.63, 3.8) is 0 Å². The van der Waals surface area contributed by atoms with Crippen molar-refractivity contribution in [1.29, 1.82) is 0 Å². The fraction of sp³-hybridized carbons (Fsp3) is 1.00. The van der Waals surface area contributed by atoms with Crippen molar-refractivity contribution in [3.8, 4) is 0 Å². The minimum atomic E-state index is 0.697. The first-order valence-corrected chi connectivity index (χ1v) is 6.60. The first kappa shape index (κ1) is 10.5. The van der Waals surface area contributed by atoms with E-state index in [1.165, 1.54) is 44.9 Å². The van der Waals surface area contributed by atoms with Crippen LogP contribution in [0.2, 0.25) is 0 Å². The van der Waals surface area contributed by atoms with Gasteiger partial charge < -0.3 is 0 Å². The number of rotatable bonds is 0. The third kappa shape index (κ3) is 1.99. The molecule has 2 aliphatic carbocycles. The topological polar surface area (TPSA) is 0 Å². The van der Waals surface area contributed by atoms with Gasteiger partial charge in [0.15, 0.2) is 0 Å². The third-order valence-corrected chi connectivity index (χ3v) is 5.13. The molecule has 0 amide bonds. The summed E-state index contributed by atoms with van der Waals surface area (Å²) in [6, 6.07) is 0. The summed E-state index contributed by atoms with van der Waals surface area (Å²) >= 11 is 0. The van der Waals surface area contributed by atoms with Crippen LogP contribution in [0.4, 0.5) is 0 Å². The maximum Gasteiger partial charge on any atom is -0.0298 e. The third-order valence-electron chi connectivity index (χ3n) is 5.13. The van der Waals surface area contributed by atoms with Crippen molar-refractivity contribution in [2.24, 2.45) is 23.2 Å². The van der Waals surface area contributed by atoms with Crippen LogP contribution in [0.15, 0.2) is 0 Å². The average molecular weight is 194 g/mol. The fourth-order valence-electron chi connectivity index (χ4n) is 3.88. The van der Waals surface area contributed by atoms with E-state index in [1.807, 2.05) is 0 Å². The summed E-state index contributed by atoms with van der Waals surface area (Å²) in [4.78, 5) is 0.